The molecule has 0 atom stereocenters. The molecule has 0 fully saturated rings. The van der Waals surface area contributed by atoms with Gasteiger partial charge in [-0.3, -0.25) is 0 Å². The third-order valence-electron chi connectivity index (χ3n) is 2.99. The number of nitrogens with zero attached hydrogens (tertiary/aromatic N) is 3. The summed E-state index contributed by atoms with van der Waals surface area (Å²) in [5.41, 5.74) is 5.99. The van der Waals surface area contributed by atoms with Gasteiger partial charge in [-0.1, -0.05) is 0 Å². The van der Waals surface area contributed by atoms with E-state index in [0.29, 0.717) is 22.7 Å². The van der Waals surface area contributed by atoms with Crippen molar-refractivity contribution in [3.8, 4) is 11.3 Å². The zero-order valence-corrected chi connectivity index (χ0v) is 10.4. The molecule has 0 aliphatic carbocycles. The van der Waals surface area contributed by atoms with Crippen LogP contribution in [-0.2, 0) is 7.05 Å². The molecule has 0 radical (unpaired) electrons. The molecule has 3 aromatic rings. The van der Waals surface area contributed by atoms with Gasteiger partial charge >= 0.3 is 0 Å². The molecule has 0 bridgehead atoms. The largest absolute Gasteiger partial charge is 0.381 e. The molecule has 0 saturated heterocycles. The molecule has 20 heavy (non-hydrogen) atoms. The Morgan fingerprint density at radius 3 is 2.65 bits per heavy atom. The minimum absolute atomic E-state index is 0.137. The zero-order chi connectivity index (χ0) is 14.4. The predicted molar refractivity (Wildman–Crippen MR) is 68.2 cm³/mol. The van der Waals surface area contributed by atoms with E-state index in [4.69, 9.17) is 5.73 Å². The highest BCUT2D eigenvalue weighted by atomic mass is 19.1. The highest BCUT2D eigenvalue weighted by molar-refractivity contribution is 5.93. The number of nitrogen functional groups attached to an aromatic ring is 1. The average molecular weight is 278 g/mol. The van der Waals surface area contributed by atoms with Crippen LogP contribution in [0.5, 0.6) is 0 Å². The Bertz CT molecular complexity index is 826. The SMILES string of the molecule is Cn1cc(-c2nc(N)c(F)cc2F)c2cc(F)cnc21. The van der Waals surface area contributed by atoms with Crippen LogP contribution < -0.4 is 5.73 Å². The molecule has 0 saturated carbocycles. The summed E-state index contributed by atoms with van der Waals surface area (Å²) < 4.78 is 41.9. The topological polar surface area (TPSA) is 56.7 Å². The number of hydrogen-bond donors (Lipinski definition) is 1. The molecule has 0 aromatic carbocycles. The van der Waals surface area contributed by atoms with Crippen LogP contribution in [0.15, 0.2) is 24.5 Å². The lowest BCUT2D eigenvalue weighted by Gasteiger charge is -2.03. The second-order valence-electron chi connectivity index (χ2n) is 4.36. The minimum Gasteiger partial charge on any atom is -0.381 e. The third kappa shape index (κ3) is 1.78. The summed E-state index contributed by atoms with van der Waals surface area (Å²) in [6.07, 6.45) is 2.61. The lowest BCUT2D eigenvalue weighted by molar-refractivity contribution is 0.580. The lowest BCUT2D eigenvalue weighted by Crippen LogP contribution is -1.99. The zero-order valence-electron chi connectivity index (χ0n) is 10.4. The Labute approximate surface area is 111 Å². The standard InChI is InChI=1S/C13H9F3N4/c1-20-5-8(7-2-6(14)4-18-13(7)20)11-9(15)3-10(16)12(17)19-11/h2-5H,1H3,(H2,17,19). The minimum atomic E-state index is -0.934. The fraction of sp³-hybridized carbons (Fsp3) is 0.0769. The molecule has 0 unspecified atom stereocenters. The third-order valence-corrected chi connectivity index (χ3v) is 2.99. The van der Waals surface area contributed by atoms with Gasteiger partial charge in [-0.25, -0.2) is 23.1 Å². The molecule has 3 heterocycles. The highest BCUT2D eigenvalue weighted by Crippen LogP contribution is 2.31. The molecular formula is C13H9F3N4. The Morgan fingerprint density at radius 2 is 1.90 bits per heavy atom. The second-order valence-corrected chi connectivity index (χ2v) is 4.36. The Kier molecular flexibility index (Phi) is 2.63. The van der Waals surface area contributed by atoms with Crippen LogP contribution in [0.25, 0.3) is 22.3 Å². The molecule has 2 N–H and O–H groups in total. The first-order valence-electron chi connectivity index (χ1n) is 5.70. The Morgan fingerprint density at radius 1 is 1.15 bits per heavy atom. The molecule has 3 aromatic heterocycles. The molecule has 102 valence electrons. The Balaban J connectivity index is 2.35. The van der Waals surface area contributed by atoms with E-state index < -0.39 is 23.3 Å². The van der Waals surface area contributed by atoms with E-state index in [-0.39, 0.29) is 5.69 Å². The van der Waals surface area contributed by atoms with Crippen LogP contribution in [0.4, 0.5) is 19.0 Å². The lowest BCUT2D eigenvalue weighted by atomic mass is 10.1. The first kappa shape index (κ1) is 12.5. The van der Waals surface area contributed by atoms with Crippen molar-refractivity contribution in [1.29, 1.82) is 0 Å². The number of nitrogens with two attached hydrogens (primary N) is 1. The summed E-state index contributed by atoms with van der Waals surface area (Å²) in [5, 5.41) is 0.380. The second kappa shape index (κ2) is 4.22. The fourth-order valence-electron chi connectivity index (χ4n) is 2.09. The van der Waals surface area contributed by atoms with E-state index in [0.717, 1.165) is 6.20 Å². The van der Waals surface area contributed by atoms with Crippen molar-refractivity contribution in [2.75, 3.05) is 5.73 Å². The number of fused-ring (bicyclic) bond motifs is 1. The Hall–Kier alpha value is -2.57. The van der Waals surface area contributed by atoms with E-state index in [1.165, 1.54) is 6.07 Å². The van der Waals surface area contributed by atoms with Gasteiger partial charge in [0.05, 0.1) is 6.20 Å². The van der Waals surface area contributed by atoms with Crippen LogP contribution >= 0.6 is 0 Å². The van der Waals surface area contributed by atoms with Gasteiger partial charge in [0, 0.05) is 30.3 Å². The molecule has 0 spiro atoms. The van der Waals surface area contributed by atoms with Gasteiger partial charge in [0.2, 0.25) is 0 Å². The number of hydrogen-bond acceptors (Lipinski definition) is 3. The van der Waals surface area contributed by atoms with E-state index in [1.807, 2.05) is 0 Å². The monoisotopic (exact) mass is 278 g/mol. The van der Waals surface area contributed by atoms with E-state index in [1.54, 1.807) is 17.8 Å². The van der Waals surface area contributed by atoms with Crippen molar-refractivity contribution in [2.24, 2.45) is 7.05 Å². The smallest absolute Gasteiger partial charge is 0.168 e. The number of halogens is 3. The van der Waals surface area contributed by atoms with Gasteiger partial charge in [0.1, 0.15) is 17.2 Å². The van der Waals surface area contributed by atoms with Crippen LogP contribution in [-0.4, -0.2) is 14.5 Å². The van der Waals surface area contributed by atoms with Crippen LogP contribution in [0.1, 0.15) is 0 Å². The van der Waals surface area contributed by atoms with Crippen molar-refractivity contribution in [3.05, 3.63) is 42.0 Å². The van der Waals surface area contributed by atoms with E-state index >= 15 is 0 Å². The van der Waals surface area contributed by atoms with Gasteiger partial charge < -0.3 is 10.3 Å². The molecule has 4 nitrogen and oxygen atoms in total. The molecule has 7 heteroatoms. The predicted octanol–water partition coefficient (Wildman–Crippen LogP) is 2.63. The van der Waals surface area contributed by atoms with Gasteiger partial charge in [-0.15, -0.1) is 0 Å². The van der Waals surface area contributed by atoms with Gasteiger partial charge in [0.15, 0.2) is 17.5 Å². The van der Waals surface area contributed by atoms with Crippen molar-refractivity contribution in [3.63, 3.8) is 0 Å². The maximum Gasteiger partial charge on any atom is 0.168 e. The maximum absolute atomic E-state index is 13.9. The molecule has 0 amide bonds. The summed E-state index contributed by atoms with van der Waals surface area (Å²) in [6, 6.07) is 1.88. The summed E-state index contributed by atoms with van der Waals surface area (Å²) >= 11 is 0. The highest BCUT2D eigenvalue weighted by Gasteiger charge is 2.17. The van der Waals surface area contributed by atoms with Gasteiger partial charge in [-0.05, 0) is 6.07 Å². The quantitative estimate of drug-likeness (QED) is 0.744. The average Bonchev–Trinajstić information content (AvgIpc) is 2.70. The van der Waals surface area contributed by atoms with E-state index in [2.05, 4.69) is 9.97 Å². The summed E-state index contributed by atoms with van der Waals surface area (Å²) in [7, 11) is 1.68. The molecule has 0 aliphatic heterocycles. The van der Waals surface area contributed by atoms with Crippen LogP contribution in [0.3, 0.4) is 0 Å². The number of aryl methyl sites for hydroxylation is 1. The van der Waals surface area contributed by atoms with Gasteiger partial charge in [0.25, 0.3) is 0 Å². The first-order chi connectivity index (χ1) is 9.47. The number of anilines is 1. The first-order valence-corrected chi connectivity index (χ1v) is 5.70. The van der Waals surface area contributed by atoms with Crippen molar-refractivity contribution < 1.29 is 13.2 Å². The molecular weight excluding hydrogens is 269 g/mol. The summed E-state index contributed by atoms with van der Waals surface area (Å²) in [6.45, 7) is 0. The number of rotatable bonds is 1. The van der Waals surface area contributed by atoms with Crippen molar-refractivity contribution in [2.45, 2.75) is 0 Å². The van der Waals surface area contributed by atoms with Crippen LogP contribution in [0.2, 0.25) is 0 Å². The van der Waals surface area contributed by atoms with Crippen LogP contribution in [0, 0.1) is 17.5 Å². The fourth-order valence-corrected chi connectivity index (χ4v) is 2.09. The number of aromatic nitrogens is 3. The van der Waals surface area contributed by atoms with Crippen molar-refractivity contribution >= 4 is 16.9 Å². The summed E-state index contributed by atoms with van der Waals surface area (Å²) in [5.74, 6) is -2.77. The van der Waals surface area contributed by atoms with Gasteiger partial charge in [-0.2, -0.15) is 0 Å². The normalized spacial score (nSPS) is 11.2. The van der Waals surface area contributed by atoms with E-state index in [9.17, 15) is 13.2 Å². The number of pyridine rings is 2. The maximum atomic E-state index is 13.9. The molecule has 0 aliphatic rings. The summed E-state index contributed by atoms with van der Waals surface area (Å²) in [4.78, 5) is 7.63. The van der Waals surface area contributed by atoms with Crippen molar-refractivity contribution in [1.82, 2.24) is 14.5 Å². The molecule has 3 rings (SSSR count).